The zero-order valence-corrected chi connectivity index (χ0v) is 18.5. The Morgan fingerprint density at radius 2 is 1.69 bits per heavy atom. The molecule has 0 unspecified atom stereocenters. The van der Waals surface area contributed by atoms with E-state index in [1.807, 2.05) is 48.2 Å². The van der Waals surface area contributed by atoms with Crippen LogP contribution in [0.15, 0.2) is 48.5 Å². The van der Waals surface area contributed by atoms with Crippen LogP contribution in [0.4, 0.5) is 21.9 Å². The van der Waals surface area contributed by atoms with Gasteiger partial charge in [0.25, 0.3) is 0 Å². The summed E-state index contributed by atoms with van der Waals surface area (Å²) in [7, 11) is 0. The molecule has 0 bridgehead atoms. The molecule has 2 aromatic rings. The monoisotopic (exact) mass is 438 g/mol. The third kappa shape index (κ3) is 6.55. The Kier molecular flexibility index (Phi) is 7.83. The number of aliphatic carboxylic acids is 1. The van der Waals surface area contributed by atoms with E-state index in [1.165, 1.54) is 0 Å². The van der Waals surface area contributed by atoms with Crippen molar-refractivity contribution in [2.75, 3.05) is 41.7 Å². The van der Waals surface area contributed by atoms with Crippen LogP contribution in [-0.4, -0.2) is 54.1 Å². The number of carbonyl (C=O) groups is 3. The van der Waals surface area contributed by atoms with Crippen molar-refractivity contribution >= 4 is 35.0 Å². The number of para-hydroxylation sites is 1. The number of benzene rings is 2. The highest BCUT2D eigenvalue weighted by atomic mass is 16.4. The summed E-state index contributed by atoms with van der Waals surface area (Å²) in [5.74, 6) is -0.535. The van der Waals surface area contributed by atoms with Crippen LogP contribution in [0, 0.1) is 12.8 Å². The van der Waals surface area contributed by atoms with E-state index in [2.05, 4.69) is 10.6 Å². The summed E-state index contributed by atoms with van der Waals surface area (Å²) in [6.07, 6.45) is 1.71. The average molecular weight is 439 g/mol. The van der Waals surface area contributed by atoms with E-state index in [4.69, 9.17) is 5.11 Å². The van der Waals surface area contributed by atoms with Crippen molar-refractivity contribution in [3.05, 3.63) is 54.1 Å². The minimum absolute atomic E-state index is 0.0454. The number of carboxylic acid groups (broad SMARTS) is 1. The molecule has 0 radical (unpaired) electrons. The van der Waals surface area contributed by atoms with E-state index in [1.54, 1.807) is 24.0 Å². The molecule has 0 saturated carbocycles. The molecule has 1 fully saturated rings. The van der Waals surface area contributed by atoms with Gasteiger partial charge in [0.05, 0.1) is 6.54 Å². The summed E-state index contributed by atoms with van der Waals surface area (Å²) >= 11 is 0. The highest BCUT2D eigenvalue weighted by Gasteiger charge is 2.24. The molecule has 2 aromatic carbocycles. The first kappa shape index (κ1) is 23.3. The van der Waals surface area contributed by atoms with Gasteiger partial charge in [-0.3, -0.25) is 14.5 Å². The van der Waals surface area contributed by atoms with Gasteiger partial charge in [-0.1, -0.05) is 18.2 Å². The van der Waals surface area contributed by atoms with Crippen LogP contribution in [0.5, 0.6) is 0 Å². The highest BCUT2D eigenvalue weighted by Crippen LogP contribution is 2.24. The van der Waals surface area contributed by atoms with E-state index >= 15 is 0 Å². The average Bonchev–Trinajstić information content (AvgIpc) is 2.75. The van der Waals surface area contributed by atoms with Gasteiger partial charge in [-0.05, 0) is 74.7 Å². The van der Waals surface area contributed by atoms with Gasteiger partial charge in [-0.15, -0.1) is 0 Å². The molecule has 8 nitrogen and oxygen atoms in total. The van der Waals surface area contributed by atoms with Crippen LogP contribution >= 0.6 is 0 Å². The Labute approximate surface area is 188 Å². The number of rotatable bonds is 7. The minimum Gasteiger partial charge on any atom is -0.480 e. The number of anilines is 3. The maximum absolute atomic E-state index is 12.3. The van der Waals surface area contributed by atoms with E-state index in [0.29, 0.717) is 18.2 Å². The largest absolute Gasteiger partial charge is 0.480 e. The first-order chi connectivity index (χ1) is 15.3. The van der Waals surface area contributed by atoms with Crippen molar-refractivity contribution in [2.45, 2.75) is 26.7 Å². The van der Waals surface area contributed by atoms with Gasteiger partial charge < -0.3 is 20.6 Å². The van der Waals surface area contributed by atoms with Crippen LogP contribution in [0.25, 0.3) is 0 Å². The van der Waals surface area contributed by atoms with Crippen molar-refractivity contribution in [2.24, 2.45) is 5.92 Å². The van der Waals surface area contributed by atoms with Crippen LogP contribution in [-0.2, 0) is 9.59 Å². The van der Waals surface area contributed by atoms with Gasteiger partial charge in [0, 0.05) is 30.5 Å². The van der Waals surface area contributed by atoms with Gasteiger partial charge in [0.1, 0.15) is 0 Å². The van der Waals surface area contributed by atoms with Crippen molar-refractivity contribution in [3.63, 3.8) is 0 Å². The lowest BCUT2D eigenvalue weighted by Crippen LogP contribution is -2.42. The van der Waals surface area contributed by atoms with Gasteiger partial charge >= 0.3 is 12.0 Å². The predicted octanol–water partition coefficient (Wildman–Crippen LogP) is 3.79. The molecule has 3 amide bonds. The number of aryl methyl sites for hydroxylation is 1. The smallest absolute Gasteiger partial charge is 0.323 e. The molecule has 0 atom stereocenters. The SMILES string of the molecule is CC(=O)N(CC1CCN(CC(=O)O)CC1)c1ccc(NC(=O)Nc2ccccc2C)cc1. The Bertz CT molecular complexity index is 953. The molecule has 3 rings (SSSR count). The normalized spacial score (nSPS) is 14.6. The number of urea groups is 1. The molecular weight excluding hydrogens is 408 g/mol. The summed E-state index contributed by atoms with van der Waals surface area (Å²) in [4.78, 5) is 39.1. The maximum atomic E-state index is 12.3. The Morgan fingerprint density at radius 1 is 1.03 bits per heavy atom. The van der Waals surface area contributed by atoms with Crippen molar-refractivity contribution in [3.8, 4) is 0 Å². The Morgan fingerprint density at radius 3 is 2.28 bits per heavy atom. The molecule has 0 spiro atoms. The first-order valence-electron chi connectivity index (χ1n) is 10.8. The molecule has 32 heavy (non-hydrogen) atoms. The van der Waals surface area contributed by atoms with Gasteiger partial charge in [-0.2, -0.15) is 0 Å². The number of piperidine rings is 1. The number of hydrogen-bond acceptors (Lipinski definition) is 4. The minimum atomic E-state index is -0.810. The molecule has 170 valence electrons. The van der Waals surface area contributed by atoms with E-state index in [0.717, 1.165) is 42.9 Å². The molecular formula is C24H30N4O4. The number of amides is 3. The number of carbonyl (C=O) groups excluding carboxylic acids is 2. The quantitative estimate of drug-likeness (QED) is 0.611. The van der Waals surface area contributed by atoms with Crippen molar-refractivity contribution < 1.29 is 19.5 Å². The summed E-state index contributed by atoms with van der Waals surface area (Å²) in [5, 5.41) is 14.6. The van der Waals surface area contributed by atoms with Crippen LogP contribution in [0.1, 0.15) is 25.3 Å². The van der Waals surface area contributed by atoms with Crippen molar-refractivity contribution in [1.29, 1.82) is 0 Å². The summed E-state index contributed by atoms with van der Waals surface area (Å²) < 4.78 is 0. The molecule has 1 heterocycles. The Balaban J connectivity index is 1.56. The third-order valence-electron chi connectivity index (χ3n) is 5.72. The molecule has 0 aliphatic carbocycles. The van der Waals surface area contributed by atoms with E-state index < -0.39 is 5.97 Å². The lowest BCUT2D eigenvalue weighted by atomic mass is 9.96. The number of nitrogens with zero attached hydrogens (tertiary/aromatic N) is 2. The van der Waals surface area contributed by atoms with Crippen LogP contribution in [0.2, 0.25) is 0 Å². The molecule has 0 aromatic heterocycles. The lowest BCUT2D eigenvalue weighted by Gasteiger charge is -2.34. The Hall–Kier alpha value is -3.39. The van der Waals surface area contributed by atoms with Gasteiger partial charge in [-0.25, -0.2) is 4.79 Å². The zero-order valence-electron chi connectivity index (χ0n) is 18.5. The summed E-state index contributed by atoms with van der Waals surface area (Å²) in [5.41, 5.74) is 3.13. The van der Waals surface area contributed by atoms with Crippen LogP contribution < -0.4 is 15.5 Å². The number of hydrogen-bond donors (Lipinski definition) is 3. The van der Waals surface area contributed by atoms with Gasteiger partial charge in [0.15, 0.2) is 0 Å². The summed E-state index contributed by atoms with van der Waals surface area (Å²) in [6, 6.07) is 14.4. The topological polar surface area (TPSA) is 102 Å². The second kappa shape index (κ2) is 10.8. The highest BCUT2D eigenvalue weighted by molar-refractivity contribution is 6.00. The fourth-order valence-corrected chi connectivity index (χ4v) is 3.91. The lowest BCUT2D eigenvalue weighted by molar-refractivity contribution is -0.138. The second-order valence-corrected chi connectivity index (χ2v) is 8.18. The maximum Gasteiger partial charge on any atom is 0.323 e. The fourth-order valence-electron chi connectivity index (χ4n) is 3.91. The molecule has 3 N–H and O–H groups in total. The number of likely N-dealkylation sites (tertiary alicyclic amines) is 1. The molecule has 1 aliphatic rings. The third-order valence-corrected chi connectivity index (χ3v) is 5.72. The first-order valence-corrected chi connectivity index (χ1v) is 10.8. The van der Waals surface area contributed by atoms with Gasteiger partial charge in [0.2, 0.25) is 5.91 Å². The summed E-state index contributed by atoms with van der Waals surface area (Å²) in [6.45, 7) is 5.58. The predicted molar refractivity (Wildman–Crippen MR) is 125 cm³/mol. The van der Waals surface area contributed by atoms with E-state index in [9.17, 15) is 14.4 Å². The standard InChI is InChI=1S/C24H30N4O4/c1-17-5-3-4-6-22(17)26-24(32)25-20-7-9-21(10-8-20)28(18(2)29)15-19-11-13-27(14-12-19)16-23(30)31/h3-10,19H,11-16H2,1-2H3,(H,30,31)(H2,25,26,32). The van der Waals surface area contributed by atoms with E-state index in [-0.39, 0.29) is 18.5 Å². The zero-order chi connectivity index (χ0) is 23.1. The molecule has 1 saturated heterocycles. The fraction of sp³-hybridized carbons (Fsp3) is 0.375. The van der Waals surface area contributed by atoms with Crippen molar-refractivity contribution in [1.82, 2.24) is 4.90 Å². The number of nitrogens with one attached hydrogen (secondary N) is 2. The molecule has 8 heteroatoms. The molecule has 1 aliphatic heterocycles. The second-order valence-electron chi connectivity index (χ2n) is 8.18. The van der Waals surface area contributed by atoms with Crippen LogP contribution in [0.3, 0.4) is 0 Å². The number of carboxylic acids is 1.